The molecule has 0 aliphatic rings. The lowest BCUT2D eigenvalue weighted by molar-refractivity contribution is 0.0689. The quantitative estimate of drug-likeness (QED) is 0.856. The van der Waals surface area contributed by atoms with Crippen LogP contribution in [0.3, 0.4) is 0 Å². The van der Waals surface area contributed by atoms with Gasteiger partial charge in [-0.3, -0.25) is 4.68 Å². The second-order valence-electron chi connectivity index (χ2n) is 3.85. The molecule has 0 saturated carbocycles. The molecule has 0 unspecified atom stereocenters. The van der Waals surface area contributed by atoms with Crippen LogP contribution in [-0.2, 0) is 12.8 Å². The number of carboxylic acid groups (broad SMARTS) is 1. The Kier molecular flexibility index (Phi) is 3.66. The van der Waals surface area contributed by atoms with Crippen LogP contribution >= 0.6 is 11.8 Å². The van der Waals surface area contributed by atoms with Gasteiger partial charge in [-0.15, -0.1) is 11.8 Å². The van der Waals surface area contributed by atoms with Crippen LogP contribution in [0.2, 0.25) is 0 Å². The van der Waals surface area contributed by atoms with Crippen LogP contribution in [0.4, 0.5) is 0 Å². The van der Waals surface area contributed by atoms with Crippen LogP contribution < -0.4 is 0 Å². The van der Waals surface area contributed by atoms with Crippen LogP contribution in [-0.4, -0.2) is 25.8 Å². The van der Waals surface area contributed by atoms with Gasteiger partial charge in [-0.1, -0.05) is 6.07 Å². The number of carboxylic acids is 1. The first kappa shape index (κ1) is 12.6. The minimum Gasteiger partial charge on any atom is -0.477 e. The highest BCUT2D eigenvalue weighted by Crippen LogP contribution is 2.24. The fraction of sp³-hybridized carbons (Fsp3) is 0.250. The molecule has 6 heteroatoms. The Morgan fingerprint density at radius 2 is 2.33 bits per heavy atom. The molecule has 94 valence electrons. The predicted molar refractivity (Wildman–Crippen MR) is 68.7 cm³/mol. The van der Waals surface area contributed by atoms with Gasteiger partial charge in [-0.2, -0.15) is 5.10 Å². The molecule has 2 heterocycles. The molecular formula is C12H13N3O2S. The zero-order valence-corrected chi connectivity index (χ0v) is 10.9. The fourth-order valence-electron chi connectivity index (χ4n) is 1.62. The number of thioether (sulfide) groups is 1. The van der Waals surface area contributed by atoms with E-state index in [4.69, 9.17) is 5.11 Å². The number of carbonyl (C=O) groups is 1. The van der Waals surface area contributed by atoms with Crippen molar-refractivity contribution in [2.45, 2.75) is 17.7 Å². The van der Waals surface area contributed by atoms with Crippen molar-refractivity contribution in [2.75, 3.05) is 0 Å². The van der Waals surface area contributed by atoms with Crippen molar-refractivity contribution in [1.82, 2.24) is 14.8 Å². The number of hydrogen-bond acceptors (Lipinski definition) is 4. The maximum absolute atomic E-state index is 11.0. The van der Waals surface area contributed by atoms with Gasteiger partial charge < -0.3 is 5.11 Å². The fourth-order valence-corrected chi connectivity index (χ4v) is 2.64. The highest BCUT2D eigenvalue weighted by atomic mass is 32.2. The van der Waals surface area contributed by atoms with Gasteiger partial charge in [0.05, 0.1) is 10.7 Å². The average molecular weight is 263 g/mol. The van der Waals surface area contributed by atoms with E-state index in [9.17, 15) is 4.79 Å². The van der Waals surface area contributed by atoms with Gasteiger partial charge in [-0.05, 0) is 24.6 Å². The number of hydrogen-bond donors (Lipinski definition) is 1. The lowest BCUT2D eigenvalue weighted by atomic mass is 10.2. The molecule has 0 fully saturated rings. The number of nitrogens with zero attached hydrogens (tertiary/aromatic N) is 3. The minimum atomic E-state index is -0.993. The first-order chi connectivity index (χ1) is 8.58. The number of pyridine rings is 1. The molecule has 0 radical (unpaired) electrons. The summed E-state index contributed by atoms with van der Waals surface area (Å²) in [5, 5.41) is 14.3. The lowest BCUT2D eigenvalue weighted by Gasteiger charge is -2.04. The van der Waals surface area contributed by atoms with Crippen molar-refractivity contribution in [3.05, 3.63) is 41.3 Å². The molecule has 1 N–H and O–H groups in total. The summed E-state index contributed by atoms with van der Waals surface area (Å²) in [6.45, 7) is 1.93. The Balaban J connectivity index is 2.15. The molecule has 18 heavy (non-hydrogen) atoms. The number of aromatic carboxylic acids is 1. The molecule has 2 rings (SSSR count). The predicted octanol–water partition coefficient (Wildman–Crippen LogP) is 2.11. The van der Waals surface area contributed by atoms with Crippen LogP contribution in [0.1, 0.15) is 21.7 Å². The topological polar surface area (TPSA) is 68.0 Å². The summed E-state index contributed by atoms with van der Waals surface area (Å²) in [6, 6.07) is 5.50. The second-order valence-corrected chi connectivity index (χ2v) is 4.85. The van der Waals surface area contributed by atoms with Crippen LogP contribution in [0, 0.1) is 6.92 Å². The molecular weight excluding hydrogens is 250 g/mol. The highest BCUT2D eigenvalue weighted by Gasteiger charge is 2.12. The van der Waals surface area contributed by atoms with Gasteiger partial charge in [0.2, 0.25) is 0 Å². The summed E-state index contributed by atoms with van der Waals surface area (Å²) < 4.78 is 1.79. The van der Waals surface area contributed by atoms with Crippen molar-refractivity contribution < 1.29 is 9.90 Å². The van der Waals surface area contributed by atoms with E-state index in [1.807, 2.05) is 20.0 Å². The third kappa shape index (κ3) is 2.70. The summed E-state index contributed by atoms with van der Waals surface area (Å²) in [5.74, 6) is -0.429. The van der Waals surface area contributed by atoms with Gasteiger partial charge >= 0.3 is 5.97 Å². The Morgan fingerprint density at radius 3 is 2.94 bits per heavy atom. The van der Waals surface area contributed by atoms with E-state index in [1.54, 1.807) is 28.6 Å². The molecule has 0 spiro atoms. The molecule has 0 aromatic carbocycles. The largest absolute Gasteiger partial charge is 0.477 e. The average Bonchev–Trinajstić information content (AvgIpc) is 2.65. The molecule has 0 saturated heterocycles. The molecule has 0 amide bonds. The zero-order chi connectivity index (χ0) is 13.1. The van der Waals surface area contributed by atoms with Crippen molar-refractivity contribution in [2.24, 2.45) is 7.05 Å². The van der Waals surface area contributed by atoms with Gasteiger partial charge in [0.1, 0.15) is 0 Å². The SMILES string of the molecule is Cc1cc(SCc2cccnc2C(=O)O)n(C)n1. The molecule has 5 nitrogen and oxygen atoms in total. The van der Waals surface area contributed by atoms with Crippen molar-refractivity contribution in [3.63, 3.8) is 0 Å². The van der Waals surface area contributed by atoms with Crippen molar-refractivity contribution >= 4 is 17.7 Å². The Bertz CT molecular complexity index is 580. The second kappa shape index (κ2) is 5.22. The summed E-state index contributed by atoms with van der Waals surface area (Å²) in [5.41, 5.74) is 1.78. The maximum Gasteiger partial charge on any atom is 0.354 e. The number of aromatic nitrogens is 3. The Hall–Kier alpha value is -1.82. The maximum atomic E-state index is 11.0. The normalized spacial score (nSPS) is 10.6. The van der Waals surface area contributed by atoms with Gasteiger partial charge in [0.15, 0.2) is 5.69 Å². The van der Waals surface area contributed by atoms with Crippen molar-refractivity contribution in [3.8, 4) is 0 Å². The van der Waals surface area contributed by atoms with E-state index < -0.39 is 5.97 Å². The van der Waals surface area contributed by atoms with Crippen LogP contribution in [0.5, 0.6) is 0 Å². The van der Waals surface area contributed by atoms with E-state index in [1.165, 1.54) is 6.20 Å². The summed E-state index contributed by atoms with van der Waals surface area (Å²) in [6.07, 6.45) is 1.49. The van der Waals surface area contributed by atoms with E-state index in [0.29, 0.717) is 11.3 Å². The smallest absolute Gasteiger partial charge is 0.354 e. The monoisotopic (exact) mass is 263 g/mol. The number of aryl methyl sites for hydroxylation is 2. The first-order valence-corrected chi connectivity index (χ1v) is 6.37. The standard InChI is InChI=1S/C12H13N3O2S/c1-8-6-10(15(2)14-8)18-7-9-4-3-5-13-11(9)12(16)17/h3-6H,7H2,1-2H3,(H,16,17). The third-order valence-electron chi connectivity index (χ3n) is 2.43. The number of rotatable bonds is 4. The van der Waals surface area contributed by atoms with Gasteiger partial charge in [-0.25, -0.2) is 9.78 Å². The van der Waals surface area contributed by atoms with E-state index in [2.05, 4.69) is 10.1 Å². The summed E-state index contributed by atoms with van der Waals surface area (Å²) in [4.78, 5) is 14.9. The first-order valence-electron chi connectivity index (χ1n) is 5.38. The molecule has 0 aliphatic carbocycles. The van der Waals surface area contributed by atoms with E-state index in [0.717, 1.165) is 10.7 Å². The molecule has 2 aromatic heterocycles. The summed E-state index contributed by atoms with van der Waals surface area (Å²) in [7, 11) is 1.87. The van der Waals surface area contributed by atoms with Crippen LogP contribution in [0.15, 0.2) is 29.4 Å². The highest BCUT2D eigenvalue weighted by molar-refractivity contribution is 7.98. The Labute approximate surface area is 109 Å². The Morgan fingerprint density at radius 1 is 1.56 bits per heavy atom. The molecule has 0 atom stereocenters. The van der Waals surface area contributed by atoms with Gasteiger partial charge in [0, 0.05) is 19.0 Å². The zero-order valence-electron chi connectivity index (χ0n) is 10.1. The molecule has 0 bridgehead atoms. The van der Waals surface area contributed by atoms with E-state index >= 15 is 0 Å². The van der Waals surface area contributed by atoms with Crippen molar-refractivity contribution in [1.29, 1.82) is 0 Å². The molecule has 0 aliphatic heterocycles. The summed E-state index contributed by atoms with van der Waals surface area (Å²) >= 11 is 1.55. The third-order valence-corrected chi connectivity index (χ3v) is 3.56. The van der Waals surface area contributed by atoms with E-state index in [-0.39, 0.29) is 5.69 Å². The molecule has 2 aromatic rings. The van der Waals surface area contributed by atoms with Gasteiger partial charge in [0.25, 0.3) is 0 Å². The lowest BCUT2D eigenvalue weighted by Crippen LogP contribution is -2.04. The van der Waals surface area contributed by atoms with Crippen LogP contribution in [0.25, 0.3) is 0 Å². The minimum absolute atomic E-state index is 0.115.